The third-order valence-electron chi connectivity index (χ3n) is 5.86. The number of nitrogens with one attached hydrogen (secondary N) is 2. The van der Waals surface area contributed by atoms with Crippen molar-refractivity contribution >= 4 is 35.8 Å². The number of piperidine rings is 1. The molecule has 0 aliphatic carbocycles. The van der Waals surface area contributed by atoms with Gasteiger partial charge in [-0.2, -0.15) is 0 Å². The molecular formula is C24H34IN5O. The molecular weight excluding hydrogens is 501 g/mol. The zero-order chi connectivity index (χ0) is 21.0. The number of nitrogens with zero attached hydrogens (tertiary/aromatic N) is 3. The van der Waals surface area contributed by atoms with Crippen LogP contribution in [0.2, 0.25) is 0 Å². The summed E-state index contributed by atoms with van der Waals surface area (Å²) in [4.78, 5) is 11.4. The molecule has 0 radical (unpaired) electrons. The van der Waals surface area contributed by atoms with Crippen LogP contribution in [-0.4, -0.2) is 36.7 Å². The van der Waals surface area contributed by atoms with Crippen molar-refractivity contribution in [3.05, 3.63) is 53.7 Å². The van der Waals surface area contributed by atoms with Gasteiger partial charge in [0.15, 0.2) is 5.96 Å². The molecule has 1 atom stereocenters. The third kappa shape index (κ3) is 6.02. The topological polar surface area (TPSA) is 61.8 Å². The molecule has 168 valence electrons. The maximum absolute atomic E-state index is 6.15. The average molecular weight is 535 g/mol. The van der Waals surface area contributed by atoms with Crippen LogP contribution in [0.15, 0.2) is 47.6 Å². The predicted octanol–water partition coefficient (Wildman–Crippen LogP) is 4.66. The molecule has 2 N–H and O–H groups in total. The number of halogens is 1. The normalized spacial score (nSPS) is 20.2. The minimum atomic E-state index is -0.223. The Balaban J connectivity index is 0.00000272. The smallest absolute Gasteiger partial charge is 0.191 e. The SMILES string of the molecule is CN=C(NCc1ccnc(N2CCCCC2)c1)NC1CC(C)(C)Oc2ccccc21.I. The van der Waals surface area contributed by atoms with E-state index in [-0.39, 0.29) is 35.6 Å². The first-order valence-electron chi connectivity index (χ1n) is 11.0. The first-order valence-corrected chi connectivity index (χ1v) is 11.0. The summed E-state index contributed by atoms with van der Waals surface area (Å²) in [6, 6.07) is 12.7. The van der Waals surface area contributed by atoms with E-state index in [1.807, 2.05) is 25.4 Å². The standard InChI is InChI=1S/C24H33N5O.HI/c1-24(2)16-20(19-9-5-6-10-21(19)30-24)28-23(25-3)27-17-18-11-12-26-22(15-18)29-13-7-4-8-14-29;/h5-6,9-12,15,20H,4,7-8,13-14,16-17H2,1-3H3,(H2,25,27,28);1H. The van der Waals surface area contributed by atoms with E-state index in [1.54, 1.807) is 0 Å². The van der Waals surface area contributed by atoms with Crippen molar-refractivity contribution in [1.29, 1.82) is 0 Å². The maximum atomic E-state index is 6.15. The molecule has 1 saturated heterocycles. The van der Waals surface area contributed by atoms with E-state index >= 15 is 0 Å². The molecule has 1 unspecified atom stereocenters. The summed E-state index contributed by atoms with van der Waals surface area (Å²) >= 11 is 0. The van der Waals surface area contributed by atoms with Gasteiger partial charge in [-0.05, 0) is 56.9 Å². The summed E-state index contributed by atoms with van der Waals surface area (Å²) < 4.78 is 6.15. The molecule has 7 heteroatoms. The number of benzene rings is 1. The number of guanidine groups is 1. The Morgan fingerprint density at radius 2 is 1.97 bits per heavy atom. The number of ether oxygens (including phenoxy) is 1. The number of rotatable bonds is 4. The van der Waals surface area contributed by atoms with Crippen molar-refractivity contribution in [2.24, 2.45) is 4.99 Å². The quantitative estimate of drug-likeness (QED) is 0.339. The first kappa shape index (κ1) is 23.6. The molecule has 0 saturated carbocycles. The van der Waals surface area contributed by atoms with Crippen molar-refractivity contribution in [1.82, 2.24) is 15.6 Å². The molecule has 3 heterocycles. The van der Waals surface area contributed by atoms with Crippen molar-refractivity contribution in [2.45, 2.75) is 57.7 Å². The Morgan fingerprint density at radius 1 is 1.19 bits per heavy atom. The molecule has 4 rings (SSSR count). The Kier molecular flexibility index (Phi) is 8.02. The van der Waals surface area contributed by atoms with Gasteiger partial charge < -0.3 is 20.3 Å². The molecule has 2 aromatic rings. The van der Waals surface area contributed by atoms with Gasteiger partial charge in [-0.3, -0.25) is 4.99 Å². The molecule has 31 heavy (non-hydrogen) atoms. The van der Waals surface area contributed by atoms with E-state index in [0.717, 1.165) is 37.0 Å². The van der Waals surface area contributed by atoms with Crippen LogP contribution >= 0.6 is 24.0 Å². The van der Waals surface area contributed by atoms with Crippen LogP contribution < -0.4 is 20.3 Å². The first-order chi connectivity index (χ1) is 14.5. The highest BCUT2D eigenvalue weighted by atomic mass is 127. The molecule has 0 amide bonds. The fourth-order valence-electron chi connectivity index (χ4n) is 4.34. The fraction of sp³-hybridized carbons (Fsp3) is 0.500. The molecule has 1 aromatic heterocycles. The van der Waals surface area contributed by atoms with E-state index < -0.39 is 0 Å². The van der Waals surface area contributed by atoms with Crippen LogP contribution in [0.4, 0.5) is 5.82 Å². The lowest BCUT2D eigenvalue weighted by molar-refractivity contribution is 0.0694. The zero-order valence-electron chi connectivity index (χ0n) is 18.7. The van der Waals surface area contributed by atoms with Gasteiger partial charge >= 0.3 is 0 Å². The number of aromatic nitrogens is 1. The second-order valence-corrected chi connectivity index (χ2v) is 8.80. The lowest BCUT2D eigenvalue weighted by Crippen LogP contribution is -2.45. The van der Waals surface area contributed by atoms with E-state index in [4.69, 9.17) is 4.74 Å². The van der Waals surface area contributed by atoms with Crippen LogP contribution in [0.3, 0.4) is 0 Å². The van der Waals surface area contributed by atoms with Gasteiger partial charge in [0.1, 0.15) is 17.2 Å². The molecule has 0 bridgehead atoms. The second kappa shape index (κ2) is 10.5. The van der Waals surface area contributed by atoms with Gasteiger partial charge in [0.05, 0.1) is 6.04 Å². The van der Waals surface area contributed by atoms with E-state index in [1.165, 1.54) is 30.4 Å². The minimum Gasteiger partial charge on any atom is -0.487 e. The Labute approximate surface area is 202 Å². The number of anilines is 1. The molecule has 2 aliphatic rings. The maximum Gasteiger partial charge on any atom is 0.191 e. The van der Waals surface area contributed by atoms with E-state index in [9.17, 15) is 0 Å². The van der Waals surface area contributed by atoms with Crippen LogP contribution in [0, 0.1) is 0 Å². The fourth-order valence-corrected chi connectivity index (χ4v) is 4.34. The van der Waals surface area contributed by atoms with Gasteiger partial charge in [-0.15, -0.1) is 24.0 Å². The predicted molar refractivity (Wildman–Crippen MR) is 138 cm³/mol. The molecule has 1 aromatic carbocycles. The lowest BCUT2D eigenvalue weighted by atomic mass is 9.90. The molecule has 0 spiro atoms. The van der Waals surface area contributed by atoms with Crippen LogP contribution in [0.25, 0.3) is 0 Å². The minimum absolute atomic E-state index is 0. The summed E-state index contributed by atoms with van der Waals surface area (Å²) in [7, 11) is 1.82. The van der Waals surface area contributed by atoms with Crippen LogP contribution in [0.1, 0.15) is 56.7 Å². The van der Waals surface area contributed by atoms with Gasteiger partial charge in [0, 0.05) is 44.9 Å². The van der Waals surface area contributed by atoms with Gasteiger partial charge in [0.25, 0.3) is 0 Å². The highest BCUT2D eigenvalue weighted by Crippen LogP contribution is 2.39. The lowest BCUT2D eigenvalue weighted by Gasteiger charge is -2.38. The van der Waals surface area contributed by atoms with E-state index in [2.05, 4.69) is 63.6 Å². The van der Waals surface area contributed by atoms with Crippen molar-refractivity contribution in [2.75, 3.05) is 25.0 Å². The number of hydrogen-bond donors (Lipinski definition) is 2. The highest BCUT2D eigenvalue weighted by molar-refractivity contribution is 14.0. The van der Waals surface area contributed by atoms with Crippen molar-refractivity contribution in [3.8, 4) is 5.75 Å². The molecule has 1 fully saturated rings. The van der Waals surface area contributed by atoms with Gasteiger partial charge in [-0.1, -0.05) is 18.2 Å². The van der Waals surface area contributed by atoms with Gasteiger partial charge in [0.2, 0.25) is 0 Å². The summed E-state index contributed by atoms with van der Waals surface area (Å²) in [5.41, 5.74) is 2.16. The van der Waals surface area contributed by atoms with Crippen molar-refractivity contribution in [3.63, 3.8) is 0 Å². The summed E-state index contributed by atoms with van der Waals surface area (Å²) in [5, 5.41) is 7.07. The number of para-hydroxylation sites is 1. The van der Waals surface area contributed by atoms with Crippen LogP contribution in [0.5, 0.6) is 5.75 Å². The van der Waals surface area contributed by atoms with Crippen molar-refractivity contribution < 1.29 is 4.74 Å². The van der Waals surface area contributed by atoms with Gasteiger partial charge in [-0.25, -0.2) is 4.98 Å². The largest absolute Gasteiger partial charge is 0.487 e. The number of fused-ring (bicyclic) bond motifs is 1. The summed E-state index contributed by atoms with van der Waals surface area (Å²) in [6.45, 7) is 7.18. The summed E-state index contributed by atoms with van der Waals surface area (Å²) in [6.07, 6.45) is 6.62. The molecule has 2 aliphatic heterocycles. The summed E-state index contributed by atoms with van der Waals surface area (Å²) in [5.74, 6) is 2.82. The Bertz CT molecular complexity index is 895. The third-order valence-corrected chi connectivity index (χ3v) is 5.86. The van der Waals surface area contributed by atoms with Crippen LogP contribution in [-0.2, 0) is 6.54 Å². The number of aliphatic imine (C=N–C) groups is 1. The number of pyridine rings is 1. The second-order valence-electron chi connectivity index (χ2n) is 8.80. The average Bonchev–Trinajstić information content (AvgIpc) is 2.76. The zero-order valence-corrected chi connectivity index (χ0v) is 21.1. The van der Waals surface area contributed by atoms with E-state index in [0.29, 0.717) is 6.54 Å². The Hall–Kier alpha value is -2.03. The monoisotopic (exact) mass is 535 g/mol. The Morgan fingerprint density at radius 3 is 2.74 bits per heavy atom. The number of hydrogen-bond acceptors (Lipinski definition) is 4. The highest BCUT2D eigenvalue weighted by Gasteiger charge is 2.33. The molecule has 6 nitrogen and oxygen atoms in total.